The molecule has 38 heavy (non-hydrogen) atoms. The Kier molecular flexibility index (Phi) is 7.86. The van der Waals surface area contributed by atoms with Crippen molar-refractivity contribution in [3.63, 3.8) is 0 Å². The Bertz CT molecular complexity index is 1530. The number of hydrogen-bond donors (Lipinski definition) is 2. The van der Waals surface area contributed by atoms with Crippen molar-refractivity contribution in [2.24, 2.45) is 0 Å². The van der Waals surface area contributed by atoms with E-state index >= 15 is 0 Å². The van der Waals surface area contributed by atoms with Gasteiger partial charge in [0, 0.05) is 24.7 Å². The lowest BCUT2D eigenvalue weighted by atomic mass is 9.97. The average Bonchev–Trinajstić information content (AvgIpc) is 3.39. The minimum atomic E-state index is -1.01. The number of aryl methyl sites for hydroxylation is 1. The number of aliphatic carboxylic acids is 1. The largest absolute Gasteiger partial charge is 0.478 e. The van der Waals surface area contributed by atoms with E-state index in [2.05, 4.69) is 17.1 Å². The number of aromatic amines is 1. The maximum atomic E-state index is 13.6. The third-order valence-corrected chi connectivity index (χ3v) is 7.55. The van der Waals surface area contributed by atoms with Gasteiger partial charge in [0.25, 0.3) is 5.56 Å². The zero-order valence-corrected chi connectivity index (χ0v) is 21.6. The van der Waals surface area contributed by atoms with E-state index in [-0.39, 0.29) is 11.2 Å². The Labute approximate surface area is 221 Å². The molecule has 0 bridgehead atoms. The molecular weight excluding hydrogens is 480 g/mol. The SMILES string of the molecule is O=C(O)/C=C/c1ccc(-c2nc3c([nH]2)c(=O)n(CCC2=CCCCC2)c(=O)n3CCC2=CCCCC2)cc1. The van der Waals surface area contributed by atoms with E-state index in [9.17, 15) is 14.4 Å². The summed E-state index contributed by atoms with van der Waals surface area (Å²) >= 11 is 0. The van der Waals surface area contributed by atoms with Crippen LogP contribution in [0.15, 0.2) is 63.2 Å². The van der Waals surface area contributed by atoms with E-state index in [0.29, 0.717) is 36.5 Å². The Hall–Kier alpha value is -3.94. The molecule has 2 aliphatic carbocycles. The maximum absolute atomic E-state index is 13.6. The van der Waals surface area contributed by atoms with Gasteiger partial charge in [-0.15, -0.1) is 0 Å². The maximum Gasteiger partial charge on any atom is 0.332 e. The van der Waals surface area contributed by atoms with Gasteiger partial charge in [0.15, 0.2) is 5.65 Å². The van der Waals surface area contributed by atoms with Crippen LogP contribution < -0.4 is 11.2 Å². The summed E-state index contributed by atoms with van der Waals surface area (Å²) in [5.41, 5.74) is 4.26. The minimum Gasteiger partial charge on any atom is -0.478 e. The van der Waals surface area contributed by atoms with Gasteiger partial charge in [0.05, 0.1) is 0 Å². The van der Waals surface area contributed by atoms with E-state index in [1.54, 1.807) is 16.7 Å². The average molecular weight is 515 g/mol. The highest BCUT2D eigenvalue weighted by atomic mass is 16.4. The van der Waals surface area contributed by atoms with Crippen molar-refractivity contribution in [2.45, 2.75) is 77.3 Å². The van der Waals surface area contributed by atoms with Crippen LogP contribution in [-0.4, -0.2) is 30.2 Å². The number of carbonyl (C=O) groups is 1. The van der Waals surface area contributed by atoms with Gasteiger partial charge < -0.3 is 10.1 Å². The van der Waals surface area contributed by atoms with E-state index in [0.717, 1.165) is 55.7 Å². The zero-order valence-electron chi connectivity index (χ0n) is 21.6. The molecule has 0 radical (unpaired) electrons. The van der Waals surface area contributed by atoms with Crippen LogP contribution in [0.25, 0.3) is 28.6 Å². The fraction of sp³-hybridized carbons (Fsp3) is 0.400. The predicted octanol–water partition coefficient (Wildman–Crippen LogP) is 5.43. The van der Waals surface area contributed by atoms with Crippen LogP contribution in [0, 0.1) is 0 Å². The summed E-state index contributed by atoms with van der Waals surface area (Å²) in [6.45, 7) is 0.842. The second-order valence-electron chi connectivity index (χ2n) is 10.2. The standard InChI is InChI=1S/C30H34N4O4/c35-25(36)16-13-23-11-14-24(15-12-23)27-31-26-28(32-27)33(19-17-21-7-3-1-4-8-21)30(38)34(29(26)37)20-18-22-9-5-2-6-10-22/h7,9,11-16H,1-6,8,10,17-20H2,(H,31,32)(H,35,36)/b16-13+. The first-order valence-corrected chi connectivity index (χ1v) is 13.6. The lowest BCUT2D eigenvalue weighted by Gasteiger charge is -2.16. The topological polar surface area (TPSA) is 110 Å². The number of benzene rings is 1. The third-order valence-electron chi connectivity index (χ3n) is 7.55. The predicted molar refractivity (Wildman–Crippen MR) is 149 cm³/mol. The number of carboxylic acids is 1. The van der Waals surface area contributed by atoms with E-state index < -0.39 is 5.97 Å². The van der Waals surface area contributed by atoms with Gasteiger partial charge in [0.1, 0.15) is 11.3 Å². The molecule has 2 aromatic heterocycles. The number of imidazole rings is 1. The molecular formula is C30H34N4O4. The first-order chi connectivity index (χ1) is 18.5. The van der Waals surface area contributed by atoms with Crippen LogP contribution in [0.2, 0.25) is 0 Å². The molecule has 198 valence electrons. The van der Waals surface area contributed by atoms with E-state index in [1.165, 1.54) is 41.1 Å². The van der Waals surface area contributed by atoms with Crippen LogP contribution in [0.1, 0.15) is 69.8 Å². The smallest absolute Gasteiger partial charge is 0.332 e. The molecule has 5 rings (SSSR count). The summed E-state index contributed by atoms with van der Waals surface area (Å²) in [6, 6.07) is 7.23. The van der Waals surface area contributed by atoms with Gasteiger partial charge in [-0.3, -0.25) is 13.9 Å². The fourth-order valence-corrected chi connectivity index (χ4v) is 5.40. The summed E-state index contributed by atoms with van der Waals surface area (Å²) in [6.07, 6.45) is 17.6. The van der Waals surface area contributed by atoms with Crippen molar-refractivity contribution in [3.8, 4) is 11.4 Å². The zero-order chi connectivity index (χ0) is 26.5. The lowest BCUT2D eigenvalue weighted by Crippen LogP contribution is -2.40. The molecule has 0 atom stereocenters. The molecule has 0 saturated carbocycles. The van der Waals surface area contributed by atoms with Gasteiger partial charge in [0.2, 0.25) is 0 Å². The molecule has 0 fully saturated rings. The van der Waals surface area contributed by atoms with Gasteiger partial charge in [-0.2, -0.15) is 0 Å². The summed E-state index contributed by atoms with van der Waals surface area (Å²) in [4.78, 5) is 45.9. The number of nitrogens with one attached hydrogen (secondary N) is 1. The van der Waals surface area contributed by atoms with Crippen LogP contribution in [0.4, 0.5) is 0 Å². The molecule has 0 unspecified atom stereocenters. The van der Waals surface area contributed by atoms with Gasteiger partial charge in [-0.05, 0) is 75.8 Å². The third kappa shape index (κ3) is 5.79. The van der Waals surface area contributed by atoms with Crippen LogP contribution in [0.3, 0.4) is 0 Å². The number of carboxylic acid groups (broad SMARTS) is 1. The van der Waals surface area contributed by atoms with Crippen molar-refractivity contribution in [2.75, 3.05) is 0 Å². The molecule has 8 heteroatoms. The Morgan fingerprint density at radius 2 is 1.55 bits per heavy atom. The highest BCUT2D eigenvalue weighted by Crippen LogP contribution is 2.23. The minimum absolute atomic E-state index is 0.303. The monoisotopic (exact) mass is 514 g/mol. The van der Waals surface area contributed by atoms with Crippen LogP contribution >= 0.6 is 0 Å². The van der Waals surface area contributed by atoms with Crippen molar-refractivity contribution in [1.82, 2.24) is 19.1 Å². The molecule has 8 nitrogen and oxygen atoms in total. The Morgan fingerprint density at radius 1 is 0.921 bits per heavy atom. The van der Waals surface area contributed by atoms with Crippen molar-refractivity contribution < 1.29 is 9.90 Å². The molecule has 2 N–H and O–H groups in total. The molecule has 2 heterocycles. The van der Waals surface area contributed by atoms with Gasteiger partial charge in [-0.25, -0.2) is 14.6 Å². The second-order valence-corrected chi connectivity index (χ2v) is 10.2. The second kappa shape index (κ2) is 11.6. The number of rotatable bonds is 9. The highest BCUT2D eigenvalue weighted by Gasteiger charge is 2.19. The molecule has 0 amide bonds. The number of aromatic nitrogens is 4. The first-order valence-electron chi connectivity index (χ1n) is 13.6. The summed E-state index contributed by atoms with van der Waals surface area (Å²) in [5, 5.41) is 8.86. The van der Waals surface area contributed by atoms with Gasteiger partial charge in [-0.1, -0.05) is 47.6 Å². The molecule has 0 saturated heterocycles. The molecule has 3 aromatic rings. The van der Waals surface area contributed by atoms with Crippen LogP contribution in [-0.2, 0) is 17.9 Å². The molecule has 0 aliphatic heterocycles. The quantitative estimate of drug-likeness (QED) is 0.292. The van der Waals surface area contributed by atoms with E-state index in [4.69, 9.17) is 10.1 Å². The Balaban J connectivity index is 1.52. The lowest BCUT2D eigenvalue weighted by molar-refractivity contribution is -0.131. The van der Waals surface area contributed by atoms with Crippen molar-refractivity contribution >= 4 is 23.2 Å². The van der Waals surface area contributed by atoms with E-state index in [1.807, 2.05) is 12.1 Å². The number of fused-ring (bicyclic) bond motifs is 1. The summed E-state index contributed by atoms with van der Waals surface area (Å²) in [5.74, 6) is -0.506. The molecule has 2 aliphatic rings. The number of H-pyrrole nitrogens is 1. The molecule has 1 aromatic carbocycles. The number of allylic oxidation sites excluding steroid dienone is 4. The van der Waals surface area contributed by atoms with Crippen molar-refractivity contribution in [1.29, 1.82) is 0 Å². The Morgan fingerprint density at radius 3 is 2.13 bits per heavy atom. The van der Waals surface area contributed by atoms with Crippen LogP contribution in [0.5, 0.6) is 0 Å². The first kappa shape index (κ1) is 25.7. The highest BCUT2D eigenvalue weighted by molar-refractivity contribution is 5.85. The summed E-state index contributed by atoms with van der Waals surface area (Å²) < 4.78 is 3.03. The summed E-state index contributed by atoms with van der Waals surface area (Å²) in [7, 11) is 0. The normalized spacial score (nSPS) is 16.1. The number of hydrogen-bond acceptors (Lipinski definition) is 4. The van der Waals surface area contributed by atoms with Crippen molar-refractivity contribution in [3.05, 3.63) is 80.0 Å². The molecule has 0 spiro atoms. The van der Waals surface area contributed by atoms with Gasteiger partial charge >= 0.3 is 11.7 Å². The fourth-order valence-electron chi connectivity index (χ4n) is 5.40. The number of nitrogens with zero attached hydrogens (tertiary/aromatic N) is 3.